The smallest absolute Gasteiger partial charge is 0.119 e. The van der Waals surface area contributed by atoms with E-state index >= 15 is 0 Å². The number of benzene rings is 1. The first-order valence-electron chi connectivity index (χ1n) is 6.25. The molecule has 1 aromatic rings. The Morgan fingerprint density at radius 3 is 3.00 bits per heavy atom. The first-order valence-corrected chi connectivity index (χ1v) is 6.25. The highest BCUT2D eigenvalue weighted by Crippen LogP contribution is 2.31. The Balaban J connectivity index is 2.33. The lowest BCUT2D eigenvalue weighted by atomic mass is 9.98. The highest BCUT2D eigenvalue weighted by molar-refractivity contribution is 5.38. The molecule has 1 aromatic carbocycles. The molecule has 1 N–H and O–H groups in total. The molecule has 0 spiro atoms. The van der Waals surface area contributed by atoms with Crippen LogP contribution in [-0.4, -0.2) is 13.7 Å². The number of ether oxygens (including phenoxy) is 1. The Kier molecular flexibility index (Phi) is 3.83. The van der Waals surface area contributed by atoms with Gasteiger partial charge in [0.15, 0.2) is 0 Å². The average molecular weight is 219 g/mol. The number of rotatable bonds is 3. The standard InChI is InChI=1S/C14H21NO/c1-3-15-14-7-5-4-6-11-8-9-12(16-2)10-13(11)14/h8-10,14-15H,3-7H2,1-2H3. The van der Waals surface area contributed by atoms with Crippen molar-refractivity contribution in [2.24, 2.45) is 0 Å². The molecule has 0 radical (unpaired) electrons. The lowest BCUT2D eigenvalue weighted by Crippen LogP contribution is -2.21. The largest absolute Gasteiger partial charge is 0.497 e. The summed E-state index contributed by atoms with van der Waals surface area (Å²) in [4.78, 5) is 0. The van der Waals surface area contributed by atoms with Gasteiger partial charge in [-0.3, -0.25) is 0 Å². The van der Waals surface area contributed by atoms with Crippen LogP contribution in [0.2, 0.25) is 0 Å². The van der Waals surface area contributed by atoms with Gasteiger partial charge >= 0.3 is 0 Å². The van der Waals surface area contributed by atoms with Crippen molar-refractivity contribution in [3.63, 3.8) is 0 Å². The van der Waals surface area contributed by atoms with Gasteiger partial charge in [0.2, 0.25) is 0 Å². The fourth-order valence-corrected chi connectivity index (χ4v) is 2.53. The minimum Gasteiger partial charge on any atom is -0.497 e. The Morgan fingerprint density at radius 2 is 2.25 bits per heavy atom. The SMILES string of the molecule is CCNC1CCCCc2ccc(OC)cc21. The van der Waals surface area contributed by atoms with Gasteiger partial charge in [-0.2, -0.15) is 0 Å². The molecule has 2 rings (SSSR count). The van der Waals surface area contributed by atoms with Crippen LogP contribution in [0.4, 0.5) is 0 Å². The second-order valence-corrected chi connectivity index (χ2v) is 4.42. The molecule has 0 aliphatic heterocycles. The summed E-state index contributed by atoms with van der Waals surface area (Å²) < 4.78 is 5.32. The molecule has 1 atom stereocenters. The van der Waals surface area contributed by atoms with Crippen molar-refractivity contribution >= 4 is 0 Å². The number of hydrogen-bond donors (Lipinski definition) is 1. The van der Waals surface area contributed by atoms with Crippen LogP contribution in [-0.2, 0) is 6.42 Å². The van der Waals surface area contributed by atoms with Gasteiger partial charge in [0.05, 0.1) is 7.11 Å². The predicted octanol–water partition coefficient (Wildman–Crippen LogP) is 3.07. The van der Waals surface area contributed by atoms with Gasteiger partial charge in [-0.15, -0.1) is 0 Å². The fraction of sp³-hybridized carbons (Fsp3) is 0.571. The van der Waals surface area contributed by atoms with E-state index in [9.17, 15) is 0 Å². The van der Waals surface area contributed by atoms with E-state index in [1.165, 1.54) is 36.8 Å². The minimum atomic E-state index is 0.512. The van der Waals surface area contributed by atoms with Crippen molar-refractivity contribution in [1.82, 2.24) is 5.32 Å². The van der Waals surface area contributed by atoms with Crippen LogP contribution in [0.1, 0.15) is 43.4 Å². The Morgan fingerprint density at radius 1 is 1.38 bits per heavy atom. The zero-order valence-corrected chi connectivity index (χ0v) is 10.3. The summed E-state index contributed by atoms with van der Waals surface area (Å²) in [7, 11) is 1.74. The molecule has 0 saturated carbocycles. The molecule has 0 fully saturated rings. The Labute approximate surface area is 98.0 Å². The van der Waals surface area contributed by atoms with Gasteiger partial charge in [0.1, 0.15) is 5.75 Å². The van der Waals surface area contributed by atoms with Crippen molar-refractivity contribution < 1.29 is 4.74 Å². The maximum atomic E-state index is 5.32. The first-order chi connectivity index (χ1) is 7.85. The average Bonchev–Trinajstić information content (AvgIpc) is 2.52. The number of fused-ring (bicyclic) bond motifs is 1. The molecular formula is C14H21NO. The summed E-state index contributed by atoms with van der Waals surface area (Å²) >= 11 is 0. The molecular weight excluding hydrogens is 198 g/mol. The summed E-state index contributed by atoms with van der Waals surface area (Å²) in [6.45, 7) is 3.20. The van der Waals surface area contributed by atoms with Gasteiger partial charge in [-0.1, -0.05) is 19.4 Å². The molecule has 1 aliphatic carbocycles. The second kappa shape index (κ2) is 5.35. The molecule has 0 heterocycles. The molecule has 0 saturated heterocycles. The fourth-order valence-electron chi connectivity index (χ4n) is 2.53. The molecule has 0 amide bonds. The van der Waals surface area contributed by atoms with Crippen LogP contribution in [0.5, 0.6) is 5.75 Å². The van der Waals surface area contributed by atoms with E-state index in [2.05, 4.69) is 30.4 Å². The maximum absolute atomic E-state index is 5.32. The third-order valence-corrected chi connectivity index (χ3v) is 3.37. The summed E-state index contributed by atoms with van der Waals surface area (Å²) in [6, 6.07) is 7.02. The zero-order chi connectivity index (χ0) is 11.4. The number of aryl methyl sites for hydroxylation is 1. The molecule has 0 aromatic heterocycles. The van der Waals surface area contributed by atoms with Crippen molar-refractivity contribution in [3.8, 4) is 5.75 Å². The number of hydrogen-bond acceptors (Lipinski definition) is 2. The van der Waals surface area contributed by atoms with Crippen LogP contribution >= 0.6 is 0 Å². The maximum Gasteiger partial charge on any atom is 0.119 e. The van der Waals surface area contributed by atoms with E-state index in [-0.39, 0.29) is 0 Å². The molecule has 1 aliphatic rings. The number of nitrogens with one attached hydrogen (secondary N) is 1. The van der Waals surface area contributed by atoms with Gasteiger partial charge in [0.25, 0.3) is 0 Å². The lowest BCUT2D eigenvalue weighted by molar-refractivity contribution is 0.412. The normalized spacial score (nSPS) is 20.0. The summed E-state index contributed by atoms with van der Waals surface area (Å²) in [5.74, 6) is 0.976. The number of methoxy groups -OCH3 is 1. The monoisotopic (exact) mass is 219 g/mol. The third-order valence-electron chi connectivity index (χ3n) is 3.37. The quantitative estimate of drug-likeness (QED) is 0.789. The molecule has 1 unspecified atom stereocenters. The van der Waals surface area contributed by atoms with E-state index in [4.69, 9.17) is 4.74 Å². The third kappa shape index (κ3) is 2.38. The zero-order valence-electron chi connectivity index (χ0n) is 10.3. The van der Waals surface area contributed by atoms with E-state index in [0.717, 1.165) is 12.3 Å². The van der Waals surface area contributed by atoms with Crippen LogP contribution in [0, 0.1) is 0 Å². The van der Waals surface area contributed by atoms with Crippen LogP contribution < -0.4 is 10.1 Å². The second-order valence-electron chi connectivity index (χ2n) is 4.42. The van der Waals surface area contributed by atoms with E-state index in [1.807, 2.05) is 0 Å². The van der Waals surface area contributed by atoms with Crippen LogP contribution in [0.15, 0.2) is 18.2 Å². The topological polar surface area (TPSA) is 21.3 Å². The van der Waals surface area contributed by atoms with Gasteiger partial charge in [-0.05, 0) is 49.1 Å². The van der Waals surface area contributed by atoms with Gasteiger partial charge < -0.3 is 10.1 Å². The van der Waals surface area contributed by atoms with Crippen LogP contribution in [0.3, 0.4) is 0 Å². The van der Waals surface area contributed by atoms with Crippen molar-refractivity contribution in [3.05, 3.63) is 29.3 Å². The van der Waals surface area contributed by atoms with Crippen molar-refractivity contribution in [2.45, 2.75) is 38.6 Å². The highest BCUT2D eigenvalue weighted by atomic mass is 16.5. The summed E-state index contributed by atoms with van der Waals surface area (Å²) in [5.41, 5.74) is 2.93. The molecule has 2 heteroatoms. The molecule has 0 bridgehead atoms. The molecule has 16 heavy (non-hydrogen) atoms. The Hall–Kier alpha value is -1.02. The first kappa shape index (κ1) is 11.5. The van der Waals surface area contributed by atoms with Crippen molar-refractivity contribution in [1.29, 1.82) is 0 Å². The van der Waals surface area contributed by atoms with E-state index < -0.39 is 0 Å². The highest BCUT2D eigenvalue weighted by Gasteiger charge is 2.18. The molecule has 88 valence electrons. The van der Waals surface area contributed by atoms with Crippen molar-refractivity contribution in [2.75, 3.05) is 13.7 Å². The predicted molar refractivity (Wildman–Crippen MR) is 67.0 cm³/mol. The molecule has 2 nitrogen and oxygen atoms in total. The van der Waals surface area contributed by atoms with Crippen LogP contribution in [0.25, 0.3) is 0 Å². The van der Waals surface area contributed by atoms with E-state index in [1.54, 1.807) is 7.11 Å². The summed E-state index contributed by atoms with van der Waals surface area (Å²) in [6.07, 6.45) is 5.07. The van der Waals surface area contributed by atoms with Gasteiger partial charge in [-0.25, -0.2) is 0 Å². The van der Waals surface area contributed by atoms with Gasteiger partial charge in [0, 0.05) is 6.04 Å². The lowest BCUT2D eigenvalue weighted by Gasteiger charge is -2.19. The van der Waals surface area contributed by atoms with E-state index in [0.29, 0.717) is 6.04 Å². The minimum absolute atomic E-state index is 0.512. The summed E-state index contributed by atoms with van der Waals surface area (Å²) in [5, 5.41) is 3.58. The Bertz CT molecular complexity index is 349.